The summed E-state index contributed by atoms with van der Waals surface area (Å²) in [6.07, 6.45) is 3.69. The van der Waals surface area contributed by atoms with Gasteiger partial charge in [0.05, 0.1) is 35.6 Å². The van der Waals surface area contributed by atoms with Crippen LogP contribution in [-0.4, -0.2) is 35.3 Å². The molecular formula is C27H26FN3O3S2. The van der Waals surface area contributed by atoms with Gasteiger partial charge < -0.3 is 9.47 Å². The van der Waals surface area contributed by atoms with Gasteiger partial charge in [0.1, 0.15) is 5.82 Å². The van der Waals surface area contributed by atoms with E-state index in [0.29, 0.717) is 23.0 Å². The number of amides is 1. The van der Waals surface area contributed by atoms with Crippen LogP contribution in [0.1, 0.15) is 39.3 Å². The molecule has 0 atom stereocenters. The number of carbonyl (C=O) groups excluding carboxylic acids is 1. The number of imidazole rings is 1. The maximum absolute atomic E-state index is 14.3. The first kappa shape index (κ1) is 24.4. The Morgan fingerprint density at radius 1 is 1.06 bits per heavy atom. The van der Waals surface area contributed by atoms with E-state index >= 15 is 0 Å². The van der Waals surface area contributed by atoms with Crippen molar-refractivity contribution in [1.29, 1.82) is 0 Å². The first-order valence-electron chi connectivity index (χ1n) is 11.8. The van der Waals surface area contributed by atoms with Gasteiger partial charge in [-0.15, -0.1) is 11.3 Å². The summed E-state index contributed by atoms with van der Waals surface area (Å²) in [6.45, 7) is 1.12. The van der Waals surface area contributed by atoms with Gasteiger partial charge in [-0.25, -0.2) is 17.8 Å². The van der Waals surface area contributed by atoms with E-state index in [2.05, 4.69) is 4.98 Å². The Balaban J connectivity index is 1.50. The topological polar surface area (TPSA) is 72.3 Å². The lowest BCUT2D eigenvalue weighted by Gasteiger charge is -2.23. The number of rotatable bonds is 10. The van der Waals surface area contributed by atoms with E-state index in [4.69, 9.17) is 0 Å². The highest BCUT2D eigenvalue weighted by atomic mass is 32.2. The first-order valence-corrected chi connectivity index (χ1v) is 14.3. The van der Waals surface area contributed by atoms with Crippen LogP contribution in [0.2, 0.25) is 0 Å². The number of carbonyl (C=O) groups is 1. The van der Waals surface area contributed by atoms with E-state index in [0.717, 1.165) is 18.4 Å². The second-order valence-electron chi connectivity index (χ2n) is 9.06. The molecular weight excluding hydrogens is 497 g/mol. The number of hydrogen-bond donors (Lipinski definition) is 0. The summed E-state index contributed by atoms with van der Waals surface area (Å²) in [5.74, 6) is -0.673. The third-order valence-corrected chi connectivity index (χ3v) is 8.65. The van der Waals surface area contributed by atoms with Crippen LogP contribution < -0.4 is 0 Å². The largest absolute Gasteiger partial charge is 0.332 e. The zero-order valence-corrected chi connectivity index (χ0v) is 21.2. The summed E-state index contributed by atoms with van der Waals surface area (Å²) >= 11 is 1.39. The number of nitrogens with zero attached hydrogens (tertiary/aromatic N) is 3. The van der Waals surface area contributed by atoms with E-state index in [1.54, 1.807) is 21.6 Å². The van der Waals surface area contributed by atoms with Crippen molar-refractivity contribution < 1.29 is 17.6 Å². The molecule has 5 rings (SSSR count). The van der Waals surface area contributed by atoms with Crippen molar-refractivity contribution >= 4 is 27.1 Å². The molecule has 1 fully saturated rings. The third kappa shape index (κ3) is 5.57. The number of sulfone groups is 1. The Kier molecular flexibility index (Phi) is 7.02. The molecule has 1 saturated carbocycles. The van der Waals surface area contributed by atoms with Crippen LogP contribution in [0.4, 0.5) is 4.39 Å². The molecule has 0 spiro atoms. The number of halogens is 1. The summed E-state index contributed by atoms with van der Waals surface area (Å²) < 4.78 is 42.8. The van der Waals surface area contributed by atoms with Crippen LogP contribution in [0.5, 0.6) is 0 Å². The molecule has 1 aliphatic rings. The first-order chi connectivity index (χ1) is 17.4. The quantitative estimate of drug-likeness (QED) is 0.288. The van der Waals surface area contributed by atoms with Gasteiger partial charge in [0.15, 0.2) is 0 Å². The third-order valence-electron chi connectivity index (χ3n) is 6.21. The SMILES string of the molecule is O=C(c1cccs1)N(Cc1cnc(S(=O)(=O)Cc2ccccc2F)n1Cc1ccccc1)CC1CC1. The molecule has 1 amide bonds. The Hall–Kier alpha value is -3.30. The van der Waals surface area contributed by atoms with Crippen LogP contribution in [0.25, 0.3) is 0 Å². The van der Waals surface area contributed by atoms with Crippen molar-refractivity contribution in [2.24, 2.45) is 5.92 Å². The highest BCUT2D eigenvalue weighted by Crippen LogP contribution is 2.31. The maximum atomic E-state index is 14.3. The van der Waals surface area contributed by atoms with Crippen molar-refractivity contribution in [3.8, 4) is 0 Å². The molecule has 2 heterocycles. The van der Waals surface area contributed by atoms with Gasteiger partial charge in [-0.3, -0.25) is 4.79 Å². The average Bonchev–Trinajstić information content (AvgIpc) is 3.34. The molecule has 0 radical (unpaired) electrons. The highest BCUT2D eigenvalue weighted by molar-refractivity contribution is 7.90. The highest BCUT2D eigenvalue weighted by Gasteiger charge is 2.30. The Morgan fingerprint density at radius 2 is 1.81 bits per heavy atom. The van der Waals surface area contributed by atoms with E-state index in [9.17, 15) is 17.6 Å². The van der Waals surface area contributed by atoms with Crippen molar-refractivity contribution in [1.82, 2.24) is 14.5 Å². The van der Waals surface area contributed by atoms with Crippen molar-refractivity contribution in [2.75, 3.05) is 6.54 Å². The minimum atomic E-state index is -3.97. The summed E-state index contributed by atoms with van der Waals surface area (Å²) in [4.78, 5) is 20.0. The van der Waals surface area contributed by atoms with E-state index in [1.165, 1.54) is 35.7 Å². The van der Waals surface area contributed by atoms with E-state index < -0.39 is 21.4 Å². The molecule has 9 heteroatoms. The van der Waals surface area contributed by atoms with Crippen molar-refractivity contribution in [3.05, 3.63) is 106 Å². The lowest BCUT2D eigenvalue weighted by molar-refractivity contribution is 0.0735. The smallest absolute Gasteiger partial charge is 0.264 e. The monoisotopic (exact) mass is 523 g/mol. The van der Waals surface area contributed by atoms with Crippen molar-refractivity contribution in [3.63, 3.8) is 0 Å². The lowest BCUT2D eigenvalue weighted by atomic mass is 10.2. The lowest BCUT2D eigenvalue weighted by Crippen LogP contribution is -2.33. The summed E-state index contributed by atoms with van der Waals surface area (Å²) in [7, 11) is -3.97. The standard InChI is InChI=1S/C27H26FN3O3S2/c28-24-10-5-4-9-22(24)19-36(33,34)27-29-15-23(31(27)17-20-7-2-1-3-8-20)18-30(16-21-12-13-21)26(32)25-11-6-14-35-25/h1-11,14-15,21H,12-13,16-19H2. The molecule has 4 aromatic rings. The van der Waals surface area contributed by atoms with Gasteiger partial charge >= 0.3 is 0 Å². The van der Waals surface area contributed by atoms with Gasteiger partial charge in [0.2, 0.25) is 15.0 Å². The van der Waals surface area contributed by atoms with Crippen LogP contribution in [0.15, 0.2) is 83.5 Å². The average molecular weight is 524 g/mol. The van der Waals surface area contributed by atoms with Gasteiger partial charge in [0, 0.05) is 12.1 Å². The Bertz CT molecular complexity index is 1450. The minimum Gasteiger partial charge on any atom is -0.332 e. The summed E-state index contributed by atoms with van der Waals surface area (Å²) in [5, 5.41) is 1.75. The zero-order chi connectivity index (χ0) is 25.1. The molecule has 2 aromatic heterocycles. The van der Waals surface area contributed by atoms with E-state index in [-0.39, 0.29) is 29.7 Å². The summed E-state index contributed by atoms with van der Waals surface area (Å²) in [6, 6.07) is 19.0. The second-order valence-corrected chi connectivity index (χ2v) is 11.9. The van der Waals surface area contributed by atoms with Gasteiger partial charge in [0.25, 0.3) is 5.91 Å². The van der Waals surface area contributed by atoms with Gasteiger partial charge in [-0.2, -0.15) is 0 Å². The number of hydrogen-bond acceptors (Lipinski definition) is 5. The molecule has 2 aromatic carbocycles. The van der Waals surface area contributed by atoms with Crippen LogP contribution in [-0.2, 0) is 28.7 Å². The molecule has 0 N–H and O–H groups in total. The number of aromatic nitrogens is 2. The van der Waals surface area contributed by atoms with Crippen LogP contribution in [0, 0.1) is 11.7 Å². The normalized spacial score (nSPS) is 13.6. The molecule has 36 heavy (non-hydrogen) atoms. The minimum absolute atomic E-state index is 0.0693. The summed E-state index contributed by atoms with van der Waals surface area (Å²) in [5.41, 5.74) is 1.62. The van der Waals surface area contributed by atoms with E-state index in [1.807, 2.05) is 41.8 Å². The van der Waals surface area contributed by atoms with Crippen molar-refractivity contribution in [2.45, 2.75) is 36.8 Å². The predicted octanol–water partition coefficient (Wildman–Crippen LogP) is 5.16. The predicted molar refractivity (Wildman–Crippen MR) is 137 cm³/mol. The Morgan fingerprint density at radius 3 is 2.50 bits per heavy atom. The van der Waals surface area contributed by atoms with Gasteiger partial charge in [-0.1, -0.05) is 54.6 Å². The maximum Gasteiger partial charge on any atom is 0.264 e. The molecule has 1 aliphatic carbocycles. The molecule has 0 aliphatic heterocycles. The second kappa shape index (κ2) is 10.4. The Labute approximate surface area is 214 Å². The molecule has 6 nitrogen and oxygen atoms in total. The van der Waals surface area contributed by atoms with Crippen LogP contribution >= 0.6 is 11.3 Å². The number of thiophene rings is 1. The molecule has 186 valence electrons. The fourth-order valence-electron chi connectivity index (χ4n) is 4.17. The molecule has 0 bridgehead atoms. The fraction of sp³-hybridized carbons (Fsp3) is 0.259. The zero-order valence-electron chi connectivity index (χ0n) is 19.6. The number of benzene rings is 2. The fourth-order valence-corrected chi connectivity index (χ4v) is 6.36. The molecule has 0 saturated heterocycles. The molecule has 0 unspecified atom stereocenters. The van der Waals surface area contributed by atoms with Crippen LogP contribution in [0.3, 0.4) is 0 Å². The van der Waals surface area contributed by atoms with Gasteiger partial charge in [-0.05, 0) is 41.8 Å².